The molecule has 0 aliphatic heterocycles. The van der Waals surface area contributed by atoms with Gasteiger partial charge in [-0.05, 0) is 42.5 Å². The number of pyridine rings is 1. The second-order valence-corrected chi connectivity index (χ2v) is 9.41. The Morgan fingerprint density at radius 2 is 1.65 bits per heavy atom. The van der Waals surface area contributed by atoms with Gasteiger partial charge in [-0.25, -0.2) is 8.42 Å². The van der Waals surface area contributed by atoms with E-state index in [4.69, 9.17) is 0 Å². The maximum Gasteiger partial charge on any atom is 0.162 e. The van der Waals surface area contributed by atoms with Gasteiger partial charge in [0.15, 0.2) is 9.84 Å². The van der Waals surface area contributed by atoms with Crippen LogP contribution in [0.2, 0.25) is 0 Å². The zero-order valence-electron chi connectivity index (χ0n) is 14.5. The number of benzene rings is 1. The zero-order valence-corrected chi connectivity index (χ0v) is 15.3. The lowest BCUT2D eigenvalue weighted by Gasteiger charge is -2.20. The van der Waals surface area contributed by atoms with Crippen molar-refractivity contribution < 1.29 is 8.42 Å². The fourth-order valence-corrected chi connectivity index (χ4v) is 3.87. The minimum atomic E-state index is -3.29. The molecule has 0 saturated heterocycles. The number of aromatic nitrogens is 1. The Morgan fingerprint density at radius 1 is 1.04 bits per heavy atom. The molecule has 0 N–H and O–H groups in total. The molecule has 1 aromatic carbocycles. The van der Waals surface area contributed by atoms with Crippen LogP contribution in [0.1, 0.15) is 55.5 Å². The van der Waals surface area contributed by atoms with Crippen LogP contribution in [-0.2, 0) is 21.0 Å². The first-order valence-electron chi connectivity index (χ1n) is 7.84. The monoisotopic (exact) mass is 331 g/mol. The van der Waals surface area contributed by atoms with Gasteiger partial charge < -0.3 is 0 Å². The van der Waals surface area contributed by atoms with Crippen LogP contribution in [0, 0.1) is 6.92 Å². The quantitative estimate of drug-likeness (QED) is 0.836. The zero-order chi connectivity index (χ0) is 17.3. The van der Waals surface area contributed by atoms with Crippen molar-refractivity contribution in [3.63, 3.8) is 0 Å². The predicted octanol–water partition coefficient (Wildman–Crippen LogP) is 4.36. The molecule has 2 aromatic rings. The maximum absolute atomic E-state index is 12.7. The van der Waals surface area contributed by atoms with E-state index in [9.17, 15) is 8.42 Å². The summed E-state index contributed by atoms with van der Waals surface area (Å²) in [5, 5.41) is -0.543. The van der Waals surface area contributed by atoms with Crippen molar-refractivity contribution in [3.8, 4) is 0 Å². The second-order valence-electron chi connectivity index (χ2n) is 7.09. The number of hydrogen-bond acceptors (Lipinski definition) is 3. The molecule has 0 fully saturated rings. The van der Waals surface area contributed by atoms with Crippen LogP contribution in [0.5, 0.6) is 0 Å². The molecule has 0 aliphatic rings. The van der Waals surface area contributed by atoms with E-state index in [2.05, 4.69) is 25.8 Å². The van der Waals surface area contributed by atoms with Crippen molar-refractivity contribution in [1.29, 1.82) is 0 Å². The Labute approximate surface area is 139 Å². The number of aryl methyl sites for hydroxylation is 1. The van der Waals surface area contributed by atoms with Gasteiger partial charge in [0.2, 0.25) is 0 Å². The van der Waals surface area contributed by atoms with Crippen molar-refractivity contribution in [3.05, 3.63) is 65.0 Å². The van der Waals surface area contributed by atoms with Crippen LogP contribution in [0.3, 0.4) is 0 Å². The van der Waals surface area contributed by atoms with Crippen molar-refractivity contribution in [2.24, 2.45) is 0 Å². The van der Waals surface area contributed by atoms with Crippen LogP contribution in [-0.4, -0.2) is 13.4 Å². The molecule has 0 saturated carbocycles. The summed E-state index contributed by atoms with van der Waals surface area (Å²) >= 11 is 0. The molecule has 1 aromatic heterocycles. The number of nitrogens with zero attached hydrogens (tertiary/aromatic N) is 1. The molecule has 0 aliphatic carbocycles. The topological polar surface area (TPSA) is 47.0 Å². The van der Waals surface area contributed by atoms with Crippen molar-refractivity contribution in [1.82, 2.24) is 4.98 Å². The van der Waals surface area contributed by atoms with Gasteiger partial charge >= 0.3 is 0 Å². The molecule has 0 amide bonds. The third-order valence-electron chi connectivity index (χ3n) is 4.08. The standard InChI is InChI=1S/C19H25NO2S/c1-14-7-6-8-18(20-14)13-23(21,22)15(2)16-9-11-17(12-10-16)19(3,4)5/h6-12,15H,13H2,1-5H3. The number of hydrogen-bond donors (Lipinski definition) is 0. The highest BCUT2D eigenvalue weighted by atomic mass is 32.2. The molecule has 0 bridgehead atoms. The fraction of sp³-hybridized carbons (Fsp3) is 0.421. The van der Waals surface area contributed by atoms with E-state index >= 15 is 0 Å². The lowest BCUT2D eigenvalue weighted by molar-refractivity contribution is 0.583. The summed E-state index contributed by atoms with van der Waals surface area (Å²) in [4.78, 5) is 4.30. The van der Waals surface area contributed by atoms with E-state index in [1.807, 2.05) is 43.3 Å². The van der Waals surface area contributed by atoms with Gasteiger partial charge in [-0.1, -0.05) is 51.1 Å². The molecule has 1 heterocycles. The number of sulfone groups is 1. The van der Waals surface area contributed by atoms with Gasteiger partial charge in [-0.15, -0.1) is 0 Å². The summed E-state index contributed by atoms with van der Waals surface area (Å²) in [5.74, 6) is -0.0309. The maximum atomic E-state index is 12.7. The van der Waals surface area contributed by atoms with Crippen LogP contribution in [0.4, 0.5) is 0 Å². The van der Waals surface area contributed by atoms with Crippen molar-refractivity contribution in [2.45, 2.75) is 51.0 Å². The Kier molecular flexibility index (Phi) is 4.95. The van der Waals surface area contributed by atoms with E-state index in [1.165, 1.54) is 5.56 Å². The molecular formula is C19H25NO2S. The molecular weight excluding hydrogens is 306 g/mol. The Balaban J connectivity index is 2.23. The minimum absolute atomic E-state index is 0.0309. The highest BCUT2D eigenvalue weighted by Gasteiger charge is 2.24. The van der Waals surface area contributed by atoms with Gasteiger partial charge in [0.05, 0.1) is 16.7 Å². The van der Waals surface area contributed by atoms with Crippen LogP contribution in [0.15, 0.2) is 42.5 Å². The molecule has 0 radical (unpaired) electrons. The van der Waals surface area contributed by atoms with E-state index in [1.54, 1.807) is 13.0 Å². The second kappa shape index (κ2) is 6.44. The first-order valence-corrected chi connectivity index (χ1v) is 9.56. The third kappa shape index (κ3) is 4.41. The molecule has 3 nitrogen and oxygen atoms in total. The predicted molar refractivity (Wildman–Crippen MR) is 95.2 cm³/mol. The molecule has 4 heteroatoms. The lowest BCUT2D eigenvalue weighted by atomic mass is 9.86. The van der Waals surface area contributed by atoms with Gasteiger partial charge in [0.25, 0.3) is 0 Å². The van der Waals surface area contributed by atoms with E-state index in [0.29, 0.717) is 5.69 Å². The van der Waals surface area contributed by atoms with E-state index in [-0.39, 0.29) is 11.2 Å². The fourth-order valence-electron chi connectivity index (χ4n) is 2.47. The Morgan fingerprint density at radius 3 is 2.17 bits per heavy atom. The number of rotatable bonds is 4. The summed E-state index contributed by atoms with van der Waals surface area (Å²) in [5.41, 5.74) is 3.52. The molecule has 23 heavy (non-hydrogen) atoms. The van der Waals surface area contributed by atoms with Crippen LogP contribution in [0.25, 0.3) is 0 Å². The summed E-state index contributed by atoms with van der Waals surface area (Å²) in [6, 6.07) is 13.4. The van der Waals surface area contributed by atoms with E-state index < -0.39 is 15.1 Å². The minimum Gasteiger partial charge on any atom is -0.257 e. The highest BCUT2D eigenvalue weighted by Crippen LogP contribution is 2.28. The first-order chi connectivity index (χ1) is 10.6. The lowest BCUT2D eigenvalue weighted by Crippen LogP contribution is -2.15. The molecule has 0 spiro atoms. The molecule has 1 unspecified atom stereocenters. The van der Waals surface area contributed by atoms with E-state index in [0.717, 1.165) is 11.3 Å². The van der Waals surface area contributed by atoms with Crippen molar-refractivity contribution in [2.75, 3.05) is 0 Å². The highest BCUT2D eigenvalue weighted by molar-refractivity contribution is 7.90. The first kappa shape index (κ1) is 17.7. The van der Waals surface area contributed by atoms with Crippen LogP contribution < -0.4 is 0 Å². The Hall–Kier alpha value is -1.68. The summed E-state index contributed by atoms with van der Waals surface area (Å²) in [7, 11) is -3.29. The average Bonchev–Trinajstić information content (AvgIpc) is 2.45. The van der Waals surface area contributed by atoms with Crippen molar-refractivity contribution >= 4 is 9.84 Å². The summed E-state index contributed by atoms with van der Waals surface area (Å²) in [6.07, 6.45) is 0. The normalized spacial score (nSPS) is 13.8. The SMILES string of the molecule is Cc1cccc(CS(=O)(=O)C(C)c2ccc(C(C)(C)C)cc2)n1. The Bertz CT molecular complexity index is 772. The van der Waals surface area contributed by atoms with Gasteiger partial charge in [0.1, 0.15) is 0 Å². The smallest absolute Gasteiger partial charge is 0.162 e. The third-order valence-corrected chi connectivity index (χ3v) is 6.13. The molecule has 124 valence electrons. The molecule has 1 atom stereocenters. The summed E-state index contributed by atoms with van der Waals surface area (Å²) in [6.45, 7) is 10.0. The van der Waals surface area contributed by atoms with Gasteiger partial charge in [0, 0.05) is 5.69 Å². The largest absolute Gasteiger partial charge is 0.257 e. The average molecular weight is 331 g/mol. The van der Waals surface area contributed by atoms with Gasteiger partial charge in [-0.3, -0.25) is 4.98 Å². The molecule has 2 rings (SSSR count). The van der Waals surface area contributed by atoms with Gasteiger partial charge in [-0.2, -0.15) is 0 Å². The van der Waals surface area contributed by atoms with Crippen LogP contribution >= 0.6 is 0 Å². The summed E-state index contributed by atoms with van der Waals surface area (Å²) < 4.78 is 25.3.